The van der Waals surface area contributed by atoms with E-state index in [0.29, 0.717) is 40.7 Å². The van der Waals surface area contributed by atoms with Gasteiger partial charge in [-0.2, -0.15) is 4.98 Å². The molecule has 1 fully saturated rings. The number of hydrogen-bond donors (Lipinski definition) is 1. The molecule has 0 aliphatic heterocycles. The zero-order valence-corrected chi connectivity index (χ0v) is 15.0. The minimum atomic E-state index is -0.897. The molecule has 8 heteroatoms. The number of hydrogen-bond acceptors (Lipinski definition) is 5. The number of nitrogens with one attached hydrogen (secondary N) is 1. The lowest BCUT2D eigenvalue weighted by atomic mass is 10.1. The van der Waals surface area contributed by atoms with E-state index in [-0.39, 0.29) is 11.8 Å². The van der Waals surface area contributed by atoms with Gasteiger partial charge in [-0.25, -0.2) is 9.37 Å². The van der Waals surface area contributed by atoms with Crippen molar-refractivity contribution in [2.75, 3.05) is 5.32 Å². The van der Waals surface area contributed by atoms with Crippen molar-refractivity contribution < 1.29 is 13.7 Å². The average Bonchev–Trinajstić information content (AvgIpc) is 3.12. The molecule has 0 radical (unpaired) electrons. The highest BCUT2D eigenvalue weighted by atomic mass is 19.1. The fourth-order valence-electron chi connectivity index (χ4n) is 3.11. The monoisotopic (exact) mass is 377 g/mol. The van der Waals surface area contributed by atoms with E-state index in [1.807, 2.05) is 37.3 Å². The number of pyridine rings is 1. The molecule has 1 aliphatic rings. The summed E-state index contributed by atoms with van der Waals surface area (Å²) in [6.07, 6.45) is 2.86. The number of carbonyl (C=O) groups excluding carboxylic acids is 1. The summed E-state index contributed by atoms with van der Waals surface area (Å²) in [5.41, 5.74) is 3.34. The number of alkyl halides is 1. The van der Waals surface area contributed by atoms with Crippen molar-refractivity contribution >= 4 is 17.2 Å². The maximum absolute atomic E-state index is 13.2. The van der Waals surface area contributed by atoms with Crippen LogP contribution in [0, 0.1) is 6.92 Å². The second kappa shape index (κ2) is 6.26. The average molecular weight is 377 g/mol. The number of fused-ring (bicyclic) bond motifs is 1. The highest BCUT2D eigenvalue weighted by molar-refractivity contribution is 6.04. The summed E-state index contributed by atoms with van der Waals surface area (Å²) in [4.78, 5) is 21.3. The van der Waals surface area contributed by atoms with Gasteiger partial charge in [-0.1, -0.05) is 23.4 Å². The third-order valence-electron chi connectivity index (χ3n) is 4.87. The maximum Gasteiger partial charge on any atom is 0.274 e. The number of halogens is 1. The molecule has 0 spiro atoms. The van der Waals surface area contributed by atoms with Crippen molar-refractivity contribution in [3.8, 4) is 11.4 Å². The Morgan fingerprint density at radius 1 is 1.32 bits per heavy atom. The molecule has 0 saturated heterocycles. The maximum atomic E-state index is 13.2. The van der Waals surface area contributed by atoms with Crippen molar-refractivity contribution in [3.63, 3.8) is 0 Å². The molecular weight excluding hydrogens is 361 g/mol. The van der Waals surface area contributed by atoms with Crippen LogP contribution in [0.5, 0.6) is 0 Å². The molecule has 2 atom stereocenters. The number of rotatable bonds is 4. The van der Waals surface area contributed by atoms with Gasteiger partial charge in [0.25, 0.3) is 5.91 Å². The first kappa shape index (κ1) is 16.6. The lowest BCUT2D eigenvalue weighted by molar-refractivity contribution is 0.102. The van der Waals surface area contributed by atoms with Crippen LogP contribution in [0.25, 0.3) is 17.0 Å². The molecule has 7 nitrogen and oxygen atoms in total. The van der Waals surface area contributed by atoms with Crippen molar-refractivity contribution in [2.24, 2.45) is 0 Å². The largest absolute Gasteiger partial charge is 0.339 e. The predicted octanol–water partition coefficient (Wildman–Crippen LogP) is 3.77. The van der Waals surface area contributed by atoms with E-state index in [4.69, 9.17) is 4.52 Å². The van der Waals surface area contributed by atoms with Crippen LogP contribution in [-0.2, 0) is 0 Å². The van der Waals surface area contributed by atoms with Gasteiger partial charge in [-0.05, 0) is 37.1 Å². The summed E-state index contributed by atoms with van der Waals surface area (Å²) < 4.78 is 20.1. The summed E-state index contributed by atoms with van der Waals surface area (Å²) in [7, 11) is 0. The van der Waals surface area contributed by atoms with Gasteiger partial charge >= 0.3 is 0 Å². The van der Waals surface area contributed by atoms with Gasteiger partial charge in [0.1, 0.15) is 17.5 Å². The van der Waals surface area contributed by atoms with Gasteiger partial charge in [-0.3, -0.25) is 9.20 Å². The van der Waals surface area contributed by atoms with Crippen LogP contribution < -0.4 is 5.32 Å². The summed E-state index contributed by atoms with van der Waals surface area (Å²) in [6, 6.07) is 11.0. The lowest BCUT2D eigenvalue weighted by Crippen LogP contribution is -2.15. The van der Waals surface area contributed by atoms with Gasteiger partial charge < -0.3 is 9.84 Å². The predicted molar refractivity (Wildman–Crippen MR) is 99.9 cm³/mol. The van der Waals surface area contributed by atoms with Gasteiger partial charge in [0.15, 0.2) is 0 Å². The van der Waals surface area contributed by atoms with Gasteiger partial charge in [0.05, 0.1) is 12.1 Å². The van der Waals surface area contributed by atoms with Gasteiger partial charge in [0, 0.05) is 17.4 Å². The van der Waals surface area contributed by atoms with Crippen LogP contribution in [-0.4, -0.2) is 31.6 Å². The van der Waals surface area contributed by atoms with Gasteiger partial charge in [-0.15, -0.1) is 0 Å². The Morgan fingerprint density at radius 3 is 3.00 bits per heavy atom. The van der Waals surface area contributed by atoms with Crippen molar-refractivity contribution in [1.82, 2.24) is 19.5 Å². The summed E-state index contributed by atoms with van der Waals surface area (Å²) in [5, 5.41) is 6.86. The molecule has 1 N–H and O–H groups in total. The lowest BCUT2D eigenvalue weighted by Gasteiger charge is -2.09. The normalized spacial score (nSPS) is 18.4. The molecule has 1 aliphatic carbocycles. The minimum Gasteiger partial charge on any atom is -0.339 e. The number of benzene rings is 1. The molecule has 3 aromatic heterocycles. The summed E-state index contributed by atoms with van der Waals surface area (Å²) in [6.45, 7) is 1.90. The Balaban J connectivity index is 1.43. The van der Waals surface area contributed by atoms with E-state index in [0.717, 1.165) is 5.56 Å². The van der Waals surface area contributed by atoms with E-state index in [1.165, 1.54) is 0 Å². The standard InChI is InChI=1S/C20H16FN5O2/c1-11-5-6-12(18-24-20(28-25-18)13-9-14(13)21)8-15(11)23-19(27)16-10-22-17-4-2-3-7-26(16)17/h2-8,10,13-14H,9H2,1H3,(H,23,27)/t13-,14-/m0/s1. The number of anilines is 1. The van der Waals surface area contributed by atoms with E-state index >= 15 is 0 Å². The first-order valence-corrected chi connectivity index (χ1v) is 8.92. The number of nitrogens with zero attached hydrogens (tertiary/aromatic N) is 4. The molecule has 140 valence electrons. The van der Waals surface area contributed by atoms with Crippen LogP contribution in [0.15, 0.2) is 53.3 Å². The fourth-order valence-corrected chi connectivity index (χ4v) is 3.11. The topological polar surface area (TPSA) is 85.3 Å². The Morgan fingerprint density at radius 2 is 2.18 bits per heavy atom. The zero-order valence-electron chi connectivity index (χ0n) is 15.0. The van der Waals surface area contributed by atoms with Crippen LogP contribution >= 0.6 is 0 Å². The van der Waals surface area contributed by atoms with Crippen LogP contribution in [0.2, 0.25) is 0 Å². The first-order chi connectivity index (χ1) is 13.6. The molecule has 28 heavy (non-hydrogen) atoms. The first-order valence-electron chi connectivity index (χ1n) is 8.92. The number of aromatic nitrogens is 4. The molecule has 0 unspecified atom stereocenters. The molecule has 1 aromatic carbocycles. The number of amides is 1. The third-order valence-corrected chi connectivity index (χ3v) is 4.87. The Hall–Kier alpha value is -3.55. The van der Waals surface area contributed by atoms with Crippen LogP contribution in [0.3, 0.4) is 0 Å². The SMILES string of the molecule is Cc1ccc(-c2noc([C@H]3C[C@@H]3F)n2)cc1NC(=O)c1cnc2ccccn12. The van der Waals surface area contributed by atoms with Crippen molar-refractivity contribution in [1.29, 1.82) is 0 Å². The smallest absolute Gasteiger partial charge is 0.274 e. The second-order valence-corrected chi connectivity index (χ2v) is 6.87. The van der Waals surface area contributed by atoms with Crippen molar-refractivity contribution in [2.45, 2.75) is 25.4 Å². The molecule has 4 aromatic rings. The third kappa shape index (κ3) is 2.83. The molecule has 1 amide bonds. The van der Waals surface area contributed by atoms with Crippen LogP contribution in [0.1, 0.15) is 34.3 Å². The second-order valence-electron chi connectivity index (χ2n) is 6.87. The van der Waals surface area contributed by atoms with Gasteiger partial charge in [0.2, 0.25) is 11.7 Å². The number of carbonyl (C=O) groups is 1. The molecule has 1 saturated carbocycles. The summed E-state index contributed by atoms with van der Waals surface area (Å²) in [5.74, 6) is 0.130. The van der Waals surface area contributed by atoms with E-state index < -0.39 is 6.17 Å². The minimum absolute atomic E-state index is 0.272. The number of aryl methyl sites for hydroxylation is 1. The molecule has 0 bridgehead atoms. The quantitative estimate of drug-likeness (QED) is 0.585. The summed E-state index contributed by atoms with van der Waals surface area (Å²) >= 11 is 0. The highest BCUT2D eigenvalue weighted by Crippen LogP contribution is 2.43. The van der Waals surface area contributed by atoms with E-state index in [2.05, 4.69) is 20.4 Å². The molecular formula is C20H16FN5O2. The highest BCUT2D eigenvalue weighted by Gasteiger charge is 2.43. The van der Waals surface area contributed by atoms with E-state index in [1.54, 1.807) is 22.9 Å². The van der Waals surface area contributed by atoms with Crippen molar-refractivity contribution in [3.05, 3.63) is 65.9 Å². The number of imidazole rings is 1. The Bertz CT molecular complexity index is 1200. The van der Waals surface area contributed by atoms with E-state index in [9.17, 15) is 9.18 Å². The zero-order chi connectivity index (χ0) is 19.3. The molecule has 5 rings (SSSR count). The Labute approximate surface area is 159 Å². The fraction of sp³-hybridized carbons (Fsp3) is 0.200. The Kier molecular flexibility index (Phi) is 3.71. The molecule has 3 heterocycles. The van der Waals surface area contributed by atoms with Crippen LogP contribution in [0.4, 0.5) is 10.1 Å².